The molecule has 0 rings (SSSR count). The van der Waals surface area contributed by atoms with Gasteiger partial charge in [0.15, 0.2) is 6.29 Å². The normalized spacial score (nSPS) is 13.1. The van der Waals surface area contributed by atoms with Crippen LogP contribution in [-0.2, 0) is 9.57 Å². The van der Waals surface area contributed by atoms with Gasteiger partial charge in [-0.1, -0.05) is 33.6 Å². The summed E-state index contributed by atoms with van der Waals surface area (Å²) >= 11 is 0. The van der Waals surface area contributed by atoms with E-state index in [4.69, 9.17) is 9.57 Å². The van der Waals surface area contributed by atoms with E-state index in [0.717, 1.165) is 38.8 Å². The first-order valence-electron chi connectivity index (χ1n) is 5.85. The second kappa shape index (κ2) is 11.0. The molecule has 0 aromatic rings. The molecule has 0 bridgehead atoms. The maximum Gasteiger partial charge on any atom is 0.177 e. The first kappa shape index (κ1) is 13.9. The third-order valence-electron chi connectivity index (χ3n) is 1.88. The molecule has 86 valence electrons. The van der Waals surface area contributed by atoms with Crippen molar-refractivity contribution in [3.05, 3.63) is 0 Å². The van der Waals surface area contributed by atoms with Gasteiger partial charge in [-0.3, -0.25) is 4.84 Å². The van der Waals surface area contributed by atoms with Gasteiger partial charge in [0.2, 0.25) is 0 Å². The number of nitrogens with one attached hydrogen (secondary N) is 1. The zero-order valence-electron chi connectivity index (χ0n) is 9.84. The Morgan fingerprint density at radius 3 is 2.43 bits per heavy atom. The SMILES string of the molecule is CCCCNOC(CCC)OCCC. The van der Waals surface area contributed by atoms with Crippen LogP contribution >= 0.6 is 0 Å². The lowest BCUT2D eigenvalue weighted by molar-refractivity contribution is -0.183. The molecule has 3 heteroatoms. The van der Waals surface area contributed by atoms with Gasteiger partial charge in [-0.25, -0.2) is 0 Å². The van der Waals surface area contributed by atoms with E-state index >= 15 is 0 Å². The van der Waals surface area contributed by atoms with Crippen molar-refractivity contribution >= 4 is 0 Å². The maximum absolute atomic E-state index is 5.53. The smallest absolute Gasteiger partial charge is 0.177 e. The van der Waals surface area contributed by atoms with Crippen LogP contribution in [0.25, 0.3) is 0 Å². The van der Waals surface area contributed by atoms with Crippen LogP contribution in [0.2, 0.25) is 0 Å². The van der Waals surface area contributed by atoms with Gasteiger partial charge < -0.3 is 4.74 Å². The molecule has 0 aliphatic carbocycles. The van der Waals surface area contributed by atoms with E-state index in [9.17, 15) is 0 Å². The molecule has 1 unspecified atom stereocenters. The van der Waals surface area contributed by atoms with Crippen LogP contribution in [0.3, 0.4) is 0 Å². The topological polar surface area (TPSA) is 30.5 Å². The van der Waals surface area contributed by atoms with E-state index in [1.165, 1.54) is 6.42 Å². The molecule has 0 saturated heterocycles. The van der Waals surface area contributed by atoms with Gasteiger partial charge in [0.25, 0.3) is 0 Å². The summed E-state index contributed by atoms with van der Waals surface area (Å²) in [7, 11) is 0. The van der Waals surface area contributed by atoms with Crippen LogP contribution < -0.4 is 5.48 Å². The van der Waals surface area contributed by atoms with Gasteiger partial charge in [-0.15, -0.1) is 0 Å². The molecule has 1 atom stereocenters. The molecule has 0 saturated carbocycles. The van der Waals surface area contributed by atoms with Crippen LogP contribution in [-0.4, -0.2) is 19.4 Å². The fourth-order valence-electron chi connectivity index (χ4n) is 1.06. The Hall–Kier alpha value is -0.120. The minimum absolute atomic E-state index is 0.0724. The fraction of sp³-hybridized carbons (Fsp3) is 1.00. The molecule has 0 fully saturated rings. The van der Waals surface area contributed by atoms with Crippen molar-refractivity contribution in [1.29, 1.82) is 0 Å². The van der Waals surface area contributed by atoms with Gasteiger partial charge >= 0.3 is 0 Å². The van der Waals surface area contributed by atoms with E-state index in [1.54, 1.807) is 0 Å². The zero-order valence-corrected chi connectivity index (χ0v) is 9.84. The molecule has 1 N–H and O–H groups in total. The molecule has 3 nitrogen and oxygen atoms in total. The summed E-state index contributed by atoms with van der Waals surface area (Å²) in [6.45, 7) is 8.09. The fourth-order valence-corrected chi connectivity index (χ4v) is 1.06. The lowest BCUT2D eigenvalue weighted by Gasteiger charge is -2.17. The summed E-state index contributed by atoms with van der Waals surface area (Å²) in [6, 6.07) is 0. The largest absolute Gasteiger partial charge is 0.351 e. The highest BCUT2D eigenvalue weighted by molar-refractivity contribution is 4.43. The summed E-state index contributed by atoms with van der Waals surface area (Å²) in [5.41, 5.74) is 2.96. The molecular weight excluding hydrogens is 178 g/mol. The molecule has 0 aromatic heterocycles. The molecule has 14 heavy (non-hydrogen) atoms. The Balaban J connectivity index is 3.40. The minimum Gasteiger partial charge on any atom is -0.351 e. The van der Waals surface area contributed by atoms with Gasteiger partial charge in [0.1, 0.15) is 0 Å². The summed E-state index contributed by atoms with van der Waals surface area (Å²) in [5.74, 6) is 0. The molecule has 0 radical (unpaired) electrons. The molecular formula is C11H25NO2. The van der Waals surface area contributed by atoms with Crippen LogP contribution in [0.15, 0.2) is 0 Å². The quantitative estimate of drug-likeness (QED) is 0.336. The highest BCUT2D eigenvalue weighted by Crippen LogP contribution is 2.03. The van der Waals surface area contributed by atoms with Crippen molar-refractivity contribution in [3.8, 4) is 0 Å². The van der Waals surface area contributed by atoms with Crippen molar-refractivity contribution in [2.75, 3.05) is 13.2 Å². The van der Waals surface area contributed by atoms with E-state index in [1.807, 2.05) is 0 Å². The predicted molar refractivity (Wildman–Crippen MR) is 58.9 cm³/mol. The Bertz CT molecular complexity index is 109. The minimum atomic E-state index is -0.0724. The van der Waals surface area contributed by atoms with E-state index in [2.05, 4.69) is 26.3 Å². The van der Waals surface area contributed by atoms with E-state index in [0.29, 0.717) is 0 Å². The highest BCUT2D eigenvalue weighted by Gasteiger charge is 2.06. The number of hydroxylamine groups is 1. The van der Waals surface area contributed by atoms with Crippen molar-refractivity contribution in [3.63, 3.8) is 0 Å². The van der Waals surface area contributed by atoms with Crippen LogP contribution in [0, 0.1) is 0 Å². The number of hydrogen-bond acceptors (Lipinski definition) is 3. The molecule has 0 aliphatic rings. The Kier molecular flexibility index (Phi) is 10.9. The number of hydrogen-bond donors (Lipinski definition) is 1. The third kappa shape index (κ3) is 8.48. The molecule has 0 aliphatic heterocycles. The Labute approximate surface area is 88.1 Å². The van der Waals surface area contributed by atoms with E-state index < -0.39 is 0 Å². The number of rotatable bonds is 10. The van der Waals surface area contributed by atoms with Gasteiger partial charge in [0.05, 0.1) is 0 Å². The zero-order chi connectivity index (χ0) is 10.6. The van der Waals surface area contributed by atoms with Gasteiger partial charge in [0, 0.05) is 13.2 Å². The van der Waals surface area contributed by atoms with Crippen molar-refractivity contribution < 1.29 is 9.57 Å². The molecule has 0 spiro atoms. The third-order valence-corrected chi connectivity index (χ3v) is 1.88. The Morgan fingerprint density at radius 2 is 1.86 bits per heavy atom. The Morgan fingerprint density at radius 1 is 1.07 bits per heavy atom. The summed E-state index contributed by atoms with van der Waals surface area (Å²) < 4.78 is 5.53. The average Bonchev–Trinajstić information content (AvgIpc) is 2.20. The lowest BCUT2D eigenvalue weighted by Crippen LogP contribution is -2.27. The van der Waals surface area contributed by atoms with Crippen LogP contribution in [0.5, 0.6) is 0 Å². The monoisotopic (exact) mass is 203 g/mol. The predicted octanol–water partition coefficient (Wildman–Crippen LogP) is 2.86. The van der Waals surface area contributed by atoms with Crippen molar-refractivity contribution in [2.45, 2.75) is 59.2 Å². The van der Waals surface area contributed by atoms with E-state index in [-0.39, 0.29) is 6.29 Å². The van der Waals surface area contributed by atoms with Gasteiger partial charge in [-0.05, 0) is 19.3 Å². The summed E-state index contributed by atoms with van der Waals surface area (Å²) in [6.07, 6.45) is 5.34. The molecule has 0 amide bonds. The molecule has 0 aromatic carbocycles. The maximum atomic E-state index is 5.53. The van der Waals surface area contributed by atoms with Crippen LogP contribution in [0.1, 0.15) is 52.9 Å². The summed E-state index contributed by atoms with van der Waals surface area (Å²) in [5, 5.41) is 0. The van der Waals surface area contributed by atoms with Crippen molar-refractivity contribution in [2.24, 2.45) is 0 Å². The first-order valence-corrected chi connectivity index (χ1v) is 5.85. The van der Waals surface area contributed by atoms with Gasteiger partial charge in [-0.2, -0.15) is 5.48 Å². The second-order valence-corrected chi connectivity index (χ2v) is 3.45. The standard InChI is InChI=1S/C11H25NO2/c1-4-7-9-12-14-11(8-5-2)13-10-6-3/h11-12H,4-10H2,1-3H3. The van der Waals surface area contributed by atoms with Crippen molar-refractivity contribution in [1.82, 2.24) is 5.48 Å². The first-order chi connectivity index (χ1) is 6.85. The molecule has 0 heterocycles. The number of unbranched alkanes of at least 4 members (excludes halogenated alkanes) is 1. The van der Waals surface area contributed by atoms with Crippen LogP contribution in [0.4, 0.5) is 0 Å². The highest BCUT2D eigenvalue weighted by atomic mass is 16.8. The lowest BCUT2D eigenvalue weighted by atomic mass is 10.3. The summed E-state index contributed by atoms with van der Waals surface area (Å²) in [4.78, 5) is 5.41. The average molecular weight is 203 g/mol. The second-order valence-electron chi connectivity index (χ2n) is 3.45. The number of ether oxygens (including phenoxy) is 1.